The highest BCUT2D eigenvalue weighted by molar-refractivity contribution is 7.98. The summed E-state index contributed by atoms with van der Waals surface area (Å²) in [7, 11) is 0. The highest BCUT2D eigenvalue weighted by Gasteiger charge is 2.09. The molecule has 0 aliphatic carbocycles. The zero-order chi connectivity index (χ0) is 9.14. The number of nitrogens with zero attached hydrogens (tertiary/aromatic N) is 2. The van der Waals surface area contributed by atoms with Gasteiger partial charge in [-0.05, 0) is 19.6 Å². The van der Waals surface area contributed by atoms with Crippen molar-refractivity contribution < 1.29 is 0 Å². The third-order valence-corrected chi connectivity index (χ3v) is 2.78. The largest absolute Gasteiger partial charge is 0.383 e. The maximum Gasteiger partial charge on any atom is 0.135 e. The SMILES string of the molecule is CCC(C)n1ncc(SC)c1N. The third-order valence-electron chi connectivity index (χ3n) is 2.03. The molecule has 1 aromatic rings. The lowest BCUT2D eigenvalue weighted by Crippen LogP contribution is -2.09. The van der Waals surface area contributed by atoms with Gasteiger partial charge in [-0.25, -0.2) is 4.68 Å². The Bertz CT molecular complexity index is 257. The number of aromatic nitrogens is 2. The van der Waals surface area contributed by atoms with Gasteiger partial charge in [0.15, 0.2) is 0 Å². The average Bonchev–Trinajstić information content (AvgIpc) is 2.45. The van der Waals surface area contributed by atoms with Crippen molar-refractivity contribution >= 4 is 17.6 Å². The molecule has 0 radical (unpaired) electrons. The quantitative estimate of drug-likeness (QED) is 0.734. The maximum atomic E-state index is 5.87. The Morgan fingerprint density at radius 2 is 2.42 bits per heavy atom. The highest BCUT2D eigenvalue weighted by atomic mass is 32.2. The van der Waals surface area contributed by atoms with E-state index in [-0.39, 0.29) is 0 Å². The standard InChI is InChI=1S/C8H15N3S/c1-4-6(2)11-8(9)7(12-3)5-10-11/h5-6H,4,9H2,1-3H3. The van der Waals surface area contributed by atoms with Gasteiger partial charge >= 0.3 is 0 Å². The number of rotatable bonds is 3. The Morgan fingerprint density at radius 3 is 2.83 bits per heavy atom. The summed E-state index contributed by atoms with van der Waals surface area (Å²) >= 11 is 1.64. The summed E-state index contributed by atoms with van der Waals surface area (Å²) < 4.78 is 1.88. The predicted molar refractivity (Wildman–Crippen MR) is 53.4 cm³/mol. The topological polar surface area (TPSA) is 43.8 Å². The van der Waals surface area contributed by atoms with Gasteiger partial charge in [0, 0.05) is 0 Å². The molecule has 0 bridgehead atoms. The molecule has 1 unspecified atom stereocenters. The van der Waals surface area contributed by atoms with E-state index in [2.05, 4.69) is 18.9 Å². The van der Waals surface area contributed by atoms with E-state index in [1.165, 1.54) is 0 Å². The van der Waals surface area contributed by atoms with Gasteiger partial charge in [0.25, 0.3) is 0 Å². The number of anilines is 1. The molecule has 0 fully saturated rings. The first kappa shape index (κ1) is 9.45. The molecule has 68 valence electrons. The van der Waals surface area contributed by atoms with Crippen LogP contribution in [0.15, 0.2) is 11.1 Å². The zero-order valence-electron chi connectivity index (χ0n) is 7.74. The molecule has 2 N–H and O–H groups in total. The molecule has 1 atom stereocenters. The molecule has 12 heavy (non-hydrogen) atoms. The summed E-state index contributed by atoms with van der Waals surface area (Å²) in [5.41, 5.74) is 5.87. The van der Waals surface area contributed by atoms with Crippen molar-refractivity contribution in [3.63, 3.8) is 0 Å². The Morgan fingerprint density at radius 1 is 1.75 bits per heavy atom. The molecule has 0 saturated carbocycles. The Balaban J connectivity index is 2.93. The molecule has 4 heteroatoms. The predicted octanol–water partition coefficient (Wildman–Crippen LogP) is 2.16. The van der Waals surface area contributed by atoms with Crippen LogP contribution in [0.25, 0.3) is 0 Å². The van der Waals surface area contributed by atoms with Crippen LogP contribution in [0.2, 0.25) is 0 Å². The summed E-state index contributed by atoms with van der Waals surface area (Å²) in [6.07, 6.45) is 4.89. The molecule has 0 spiro atoms. The maximum absolute atomic E-state index is 5.87. The Hall–Kier alpha value is -0.640. The smallest absolute Gasteiger partial charge is 0.135 e. The molecule has 1 rings (SSSR count). The number of nitrogens with two attached hydrogens (primary N) is 1. The lowest BCUT2D eigenvalue weighted by atomic mass is 10.3. The van der Waals surface area contributed by atoms with Gasteiger partial charge in [0.2, 0.25) is 0 Å². The molecule has 1 aromatic heterocycles. The second kappa shape index (κ2) is 3.85. The molecule has 0 saturated heterocycles. The van der Waals surface area contributed by atoms with E-state index in [0.29, 0.717) is 6.04 Å². The first-order valence-corrected chi connectivity index (χ1v) is 5.30. The number of thioether (sulfide) groups is 1. The summed E-state index contributed by atoms with van der Waals surface area (Å²) in [4.78, 5) is 1.07. The van der Waals surface area contributed by atoms with Crippen LogP contribution in [0.1, 0.15) is 26.3 Å². The molecular formula is C8H15N3S. The molecule has 0 aromatic carbocycles. The monoisotopic (exact) mass is 185 g/mol. The van der Waals surface area contributed by atoms with Gasteiger partial charge in [0.05, 0.1) is 17.1 Å². The fourth-order valence-electron chi connectivity index (χ4n) is 1.04. The fraction of sp³-hybridized carbons (Fsp3) is 0.625. The van der Waals surface area contributed by atoms with Crippen LogP contribution in [-0.2, 0) is 0 Å². The minimum atomic E-state index is 0.394. The lowest BCUT2D eigenvalue weighted by Gasteiger charge is -2.10. The molecule has 0 aliphatic heterocycles. The molecular weight excluding hydrogens is 170 g/mol. The van der Waals surface area contributed by atoms with Crippen molar-refractivity contribution in [3.05, 3.63) is 6.20 Å². The summed E-state index contributed by atoms with van der Waals surface area (Å²) in [6, 6.07) is 0.394. The number of nitrogen functional groups attached to an aromatic ring is 1. The van der Waals surface area contributed by atoms with E-state index in [1.807, 2.05) is 17.1 Å². The van der Waals surface area contributed by atoms with Crippen molar-refractivity contribution in [3.8, 4) is 0 Å². The Kier molecular flexibility index (Phi) is 3.03. The zero-order valence-corrected chi connectivity index (χ0v) is 8.56. The van der Waals surface area contributed by atoms with Crippen LogP contribution in [0.5, 0.6) is 0 Å². The average molecular weight is 185 g/mol. The van der Waals surface area contributed by atoms with Gasteiger partial charge in [-0.2, -0.15) is 5.10 Å². The minimum Gasteiger partial charge on any atom is -0.383 e. The van der Waals surface area contributed by atoms with Crippen LogP contribution in [-0.4, -0.2) is 16.0 Å². The Labute approximate surface area is 77.3 Å². The van der Waals surface area contributed by atoms with Crippen LogP contribution in [0.3, 0.4) is 0 Å². The normalized spacial score (nSPS) is 13.2. The summed E-state index contributed by atoms with van der Waals surface area (Å²) in [6.45, 7) is 4.25. The summed E-state index contributed by atoms with van der Waals surface area (Å²) in [5, 5.41) is 4.23. The highest BCUT2D eigenvalue weighted by Crippen LogP contribution is 2.25. The lowest BCUT2D eigenvalue weighted by molar-refractivity contribution is 0.484. The molecule has 0 aliphatic rings. The van der Waals surface area contributed by atoms with Gasteiger partial charge < -0.3 is 5.73 Å². The first-order valence-electron chi connectivity index (χ1n) is 4.07. The third kappa shape index (κ3) is 1.58. The second-order valence-corrected chi connectivity index (χ2v) is 3.65. The van der Waals surface area contributed by atoms with E-state index >= 15 is 0 Å². The van der Waals surface area contributed by atoms with Crippen molar-refractivity contribution in [2.45, 2.75) is 31.2 Å². The van der Waals surface area contributed by atoms with Gasteiger partial charge in [-0.1, -0.05) is 6.92 Å². The van der Waals surface area contributed by atoms with Crippen LogP contribution >= 0.6 is 11.8 Å². The van der Waals surface area contributed by atoms with E-state index in [4.69, 9.17) is 5.73 Å². The van der Waals surface area contributed by atoms with Gasteiger partial charge in [-0.3, -0.25) is 0 Å². The molecule has 0 amide bonds. The van der Waals surface area contributed by atoms with Crippen LogP contribution < -0.4 is 5.73 Å². The van der Waals surface area contributed by atoms with Crippen molar-refractivity contribution in [1.29, 1.82) is 0 Å². The van der Waals surface area contributed by atoms with Gasteiger partial charge in [0.1, 0.15) is 5.82 Å². The van der Waals surface area contributed by atoms with Crippen molar-refractivity contribution in [2.75, 3.05) is 12.0 Å². The van der Waals surface area contributed by atoms with Crippen LogP contribution in [0.4, 0.5) is 5.82 Å². The van der Waals surface area contributed by atoms with Crippen LogP contribution in [0, 0.1) is 0 Å². The van der Waals surface area contributed by atoms with E-state index < -0.39 is 0 Å². The van der Waals surface area contributed by atoms with E-state index in [1.54, 1.807) is 11.8 Å². The number of hydrogen-bond donors (Lipinski definition) is 1. The first-order chi connectivity index (χ1) is 5.70. The summed E-state index contributed by atoms with van der Waals surface area (Å²) in [5.74, 6) is 0.789. The molecule has 1 heterocycles. The van der Waals surface area contributed by atoms with Gasteiger partial charge in [-0.15, -0.1) is 11.8 Å². The van der Waals surface area contributed by atoms with E-state index in [0.717, 1.165) is 17.1 Å². The van der Waals surface area contributed by atoms with E-state index in [9.17, 15) is 0 Å². The number of hydrogen-bond acceptors (Lipinski definition) is 3. The molecule has 3 nitrogen and oxygen atoms in total. The van der Waals surface area contributed by atoms with Crippen molar-refractivity contribution in [1.82, 2.24) is 9.78 Å². The fourth-order valence-corrected chi connectivity index (χ4v) is 1.49. The van der Waals surface area contributed by atoms with Crippen molar-refractivity contribution in [2.24, 2.45) is 0 Å². The minimum absolute atomic E-state index is 0.394. The second-order valence-electron chi connectivity index (χ2n) is 2.80.